The van der Waals surface area contributed by atoms with Crippen molar-refractivity contribution in [2.24, 2.45) is 11.1 Å². The van der Waals surface area contributed by atoms with Gasteiger partial charge in [-0.15, -0.1) is 0 Å². The Hall–Kier alpha value is -2.91. The van der Waals surface area contributed by atoms with Crippen LogP contribution in [0.5, 0.6) is 0 Å². The van der Waals surface area contributed by atoms with E-state index in [-0.39, 0.29) is 29.6 Å². The Morgan fingerprint density at radius 1 is 0.955 bits per heavy atom. The number of benzene rings is 2. The van der Waals surface area contributed by atoms with E-state index in [9.17, 15) is 14.4 Å². The topological polar surface area (TPSA) is 99.0 Å². The van der Waals surface area contributed by atoms with Crippen molar-refractivity contribution in [3.05, 3.63) is 69.3 Å². The number of Topliss-reactive ketones (excluding diaryl/α,β-unsaturated/α-hetero) is 1. The molecule has 3 N–H and O–H groups in total. The number of rotatable bonds is 5. The molecule has 2 aromatic carbocycles. The lowest BCUT2D eigenvalue weighted by Crippen LogP contribution is -2.63. The Morgan fingerprint density at radius 3 is 2.34 bits per heavy atom. The molecule has 0 radical (unpaired) electrons. The van der Waals surface area contributed by atoms with Crippen molar-refractivity contribution in [1.29, 1.82) is 0 Å². The number of anilines is 2. The fourth-order valence-corrected chi connectivity index (χ4v) is 7.96. The first-order chi connectivity index (χ1) is 21.0. The summed E-state index contributed by atoms with van der Waals surface area (Å²) < 4.78 is 0. The van der Waals surface area contributed by atoms with Gasteiger partial charge in [0.1, 0.15) is 5.54 Å². The summed E-state index contributed by atoms with van der Waals surface area (Å²) in [6, 6.07) is 12.4. The minimum absolute atomic E-state index is 0.0103. The predicted octanol–water partition coefficient (Wildman–Crippen LogP) is 5.94. The largest absolute Gasteiger partial charge is 0.368 e. The minimum Gasteiger partial charge on any atom is -0.368 e. The van der Waals surface area contributed by atoms with E-state index in [0.717, 1.165) is 42.9 Å². The van der Waals surface area contributed by atoms with Gasteiger partial charge >= 0.3 is 0 Å². The summed E-state index contributed by atoms with van der Waals surface area (Å²) in [4.78, 5) is 47.5. The summed E-state index contributed by atoms with van der Waals surface area (Å²) in [7, 11) is 0. The molecule has 2 aromatic rings. The van der Waals surface area contributed by atoms with Crippen LogP contribution in [0.25, 0.3) is 0 Å². The van der Waals surface area contributed by atoms with Gasteiger partial charge in [-0.2, -0.15) is 0 Å². The average molecular weight is 639 g/mol. The van der Waals surface area contributed by atoms with Crippen LogP contribution in [0.4, 0.5) is 11.4 Å². The number of amides is 2. The number of para-hydroxylation sites is 2. The highest BCUT2D eigenvalue weighted by Gasteiger charge is 2.47. The number of halogens is 2. The maximum atomic E-state index is 14.6. The van der Waals surface area contributed by atoms with Crippen LogP contribution in [0.15, 0.2) is 53.7 Å². The maximum Gasteiger partial charge on any atom is 0.242 e. The molecule has 2 saturated heterocycles. The zero-order valence-electron chi connectivity index (χ0n) is 25.5. The molecule has 0 aromatic heterocycles. The Kier molecular flexibility index (Phi) is 8.56. The molecule has 1 atom stereocenters. The fraction of sp³-hybridized carbons (Fsp3) is 0.500. The number of allylic oxidation sites excluding steroid dienone is 1. The fourth-order valence-electron chi connectivity index (χ4n) is 7.65. The number of primary amides is 1. The van der Waals surface area contributed by atoms with Crippen LogP contribution < -0.4 is 16.0 Å². The first-order valence-corrected chi connectivity index (χ1v) is 16.4. The molecule has 0 spiro atoms. The molecule has 1 aliphatic carbocycles. The standard InChI is InChI=1S/C34H41Cl2N5O3/c1-33(2)19-26-30(28(42)20-33)31(22-10-11-23(35)24(36)18-22)41(27-9-5-4-8-25(27)38-26)29(43)21-39-16-12-34(13-17-39,32(37)44)40-14-6-3-7-15-40/h4-5,8-11,18,31,38H,3,6-7,12-17,19-21H2,1-2H3,(H2,37,44). The first-order valence-electron chi connectivity index (χ1n) is 15.7. The van der Waals surface area contributed by atoms with Gasteiger partial charge in [0.05, 0.1) is 34.0 Å². The summed E-state index contributed by atoms with van der Waals surface area (Å²) >= 11 is 12.8. The molecule has 10 heteroatoms. The van der Waals surface area contributed by atoms with Crippen molar-refractivity contribution in [2.45, 2.75) is 70.4 Å². The molecule has 3 heterocycles. The monoisotopic (exact) mass is 637 g/mol. The highest BCUT2D eigenvalue weighted by atomic mass is 35.5. The van der Waals surface area contributed by atoms with Crippen molar-refractivity contribution in [3.8, 4) is 0 Å². The summed E-state index contributed by atoms with van der Waals surface area (Å²) in [6.45, 7) is 7.26. The Bertz CT molecular complexity index is 1510. The quantitative estimate of drug-likeness (QED) is 0.421. The second-order valence-electron chi connectivity index (χ2n) is 13.5. The number of likely N-dealkylation sites (tertiary alicyclic amines) is 2. The maximum absolute atomic E-state index is 14.6. The number of nitrogens with one attached hydrogen (secondary N) is 1. The number of carbonyl (C=O) groups is 3. The number of piperidine rings is 2. The summed E-state index contributed by atoms with van der Waals surface area (Å²) in [5.74, 6) is -0.391. The number of hydrogen-bond acceptors (Lipinski definition) is 6. The molecular formula is C34H41Cl2N5O3. The Labute approximate surface area is 269 Å². The van der Waals surface area contributed by atoms with Crippen molar-refractivity contribution in [3.63, 3.8) is 0 Å². The van der Waals surface area contributed by atoms with Gasteiger partial charge in [-0.3, -0.25) is 29.1 Å². The van der Waals surface area contributed by atoms with E-state index in [0.29, 0.717) is 60.1 Å². The number of nitrogens with two attached hydrogens (primary N) is 1. The molecule has 3 aliphatic heterocycles. The summed E-state index contributed by atoms with van der Waals surface area (Å²) in [6.07, 6.45) is 5.55. The summed E-state index contributed by atoms with van der Waals surface area (Å²) in [5, 5.41) is 4.33. The van der Waals surface area contributed by atoms with Crippen molar-refractivity contribution in [1.82, 2.24) is 9.80 Å². The van der Waals surface area contributed by atoms with Crippen LogP contribution in [0.1, 0.15) is 70.4 Å². The van der Waals surface area contributed by atoms with Crippen LogP contribution in [0.2, 0.25) is 10.0 Å². The van der Waals surface area contributed by atoms with Gasteiger partial charge in [0.15, 0.2) is 5.78 Å². The van der Waals surface area contributed by atoms with Crippen LogP contribution in [-0.4, -0.2) is 65.7 Å². The van der Waals surface area contributed by atoms with Gasteiger partial charge in [0.2, 0.25) is 11.8 Å². The SMILES string of the molecule is CC1(C)CC(=O)C2=C(C1)Nc1ccccc1N(C(=O)CN1CCC(C(N)=O)(N3CCCCC3)CC1)C2c1ccc(Cl)c(Cl)c1. The van der Waals surface area contributed by atoms with Crippen LogP contribution in [0, 0.1) is 5.41 Å². The van der Waals surface area contributed by atoms with E-state index in [1.54, 1.807) is 17.0 Å². The average Bonchev–Trinajstić information content (AvgIpc) is 3.13. The molecule has 44 heavy (non-hydrogen) atoms. The Balaban J connectivity index is 1.36. The summed E-state index contributed by atoms with van der Waals surface area (Å²) in [5.41, 5.74) is 8.75. The zero-order valence-corrected chi connectivity index (χ0v) is 27.0. The highest BCUT2D eigenvalue weighted by Crippen LogP contribution is 2.49. The molecule has 6 rings (SSSR count). The number of hydrogen-bond donors (Lipinski definition) is 2. The first kappa shape index (κ1) is 31.1. The van der Waals surface area contributed by atoms with Crippen LogP contribution in [0.3, 0.4) is 0 Å². The number of ketones is 1. The molecular weight excluding hydrogens is 597 g/mol. The van der Waals surface area contributed by atoms with Crippen LogP contribution in [-0.2, 0) is 14.4 Å². The van der Waals surface area contributed by atoms with E-state index in [4.69, 9.17) is 28.9 Å². The lowest BCUT2D eigenvalue weighted by atomic mass is 9.73. The van der Waals surface area contributed by atoms with Crippen molar-refractivity contribution >= 4 is 52.2 Å². The smallest absolute Gasteiger partial charge is 0.242 e. The van der Waals surface area contributed by atoms with Crippen LogP contribution >= 0.6 is 23.2 Å². The molecule has 0 bridgehead atoms. The molecule has 1 unspecified atom stereocenters. The van der Waals surface area contributed by atoms with Gasteiger partial charge < -0.3 is 11.1 Å². The minimum atomic E-state index is -0.685. The van der Waals surface area contributed by atoms with Gasteiger partial charge in [-0.05, 0) is 80.4 Å². The second-order valence-corrected chi connectivity index (χ2v) is 14.3. The predicted molar refractivity (Wildman–Crippen MR) is 175 cm³/mol. The lowest BCUT2D eigenvalue weighted by molar-refractivity contribution is -0.135. The number of nitrogens with zero attached hydrogens (tertiary/aromatic N) is 3. The lowest BCUT2D eigenvalue weighted by Gasteiger charge is -2.48. The van der Waals surface area contributed by atoms with E-state index in [2.05, 4.69) is 29.0 Å². The molecule has 234 valence electrons. The van der Waals surface area contributed by atoms with E-state index in [1.165, 1.54) is 6.42 Å². The third-order valence-corrected chi connectivity index (χ3v) is 10.6. The van der Waals surface area contributed by atoms with E-state index in [1.807, 2.05) is 30.3 Å². The van der Waals surface area contributed by atoms with Gasteiger partial charge in [0, 0.05) is 30.8 Å². The highest BCUT2D eigenvalue weighted by molar-refractivity contribution is 6.42. The Morgan fingerprint density at radius 2 is 1.66 bits per heavy atom. The van der Waals surface area contributed by atoms with Gasteiger partial charge in [-0.1, -0.05) is 61.7 Å². The molecule has 2 amide bonds. The molecule has 2 fully saturated rings. The molecule has 4 aliphatic rings. The van der Waals surface area contributed by atoms with E-state index >= 15 is 0 Å². The third kappa shape index (κ3) is 5.78. The van der Waals surface area contributed by atoms with Gasteiger partial charge in [0.25, 0.3) is 0 Å². The number of carbonyl (C=O) groups excluding carboxylic acids is 3. The van der Waals surface area contributed by atoms with E-state index < -0.39 is 11.6 Å². The van der Waals surface area contributed by atoms with Crippen molar-refractivity contribution < 1.29 is 14.4 Å². The van der Waals surface area contributed by atoms with Crippen molar-refractivity contribution in [2.75, 3.05) is 42.9 Å². The normalized spacial score (nSPS) is 23.8. The second kappa shape index (κ2) is 12.1. The third-order valence-electron chi connectivity index (χ3n) is 9.89. The van der Waals surface area contributed by atoms with Gasteiger partial charge in [-0.25, -0.2) is 0 Å². The zero-order chi connectivity index (χ0) is 31.2. The number of fused-ring (bicyclic) bond motifs is 1. The molecule has 0 saturated carbocycles. The molecule has 8 nitrogen and oxygen atoms in total.